The van der Waals surface area contributed by atoms with Gasteiger partial charge in [-0.05, 0) is 17.5 Å². The van der Waals surface area contributed by atoms with Gasteiger partial charge in [-0.3, -0.25) is 0 Å². The molecule has 78 valence electrons. The summed E-state index contributed by atoms with van der Waals surface area (Å²) in [5.41, 5.74) is 0. The summed E-state index contributed by atoms with van der Waals surface area (Å²) in [4.78, 5) is 12.2. The SMILES string of the molecule is O=C(OCCBr)c1cc2ccccc2s1. The third kappa shape index (κ3) is 2.38. The Balaban J connectivity index is 2.25. The summed E-state index contributed by atoms with van der Waals surface area (Å²) in [5, 5.41) is 1.76. The van der Waals surface area contributed by atoms with E-state index in [1.54, 1.807) is 0 Å². The number of carbonyl (C=O) groups is 1. The smallest absolute Gasteiger partial charge is 0.348 e. The highest BCUT2D eigenvalue weighted by molar-refractivity contribution is 9.09. The van der Waals surface area contributed by atoms with Crippen LogP contribution in [-0.4, -0.2) is 17.9 Å². The van der Waals surface area contributed by atoms with E-state index in [1.165, 1.54) is 11.3 Å². The number of fused-ring (bicyclic) bond motifs is 1. The van der Waals surface area contributed by atoms with Gasteiger partial charge in [0.2, 0.25) is 0 Å². The van der Waals surface area contributed by atoms with Gasteiger partial charge in [-0.1, -0.05) is 34.1 Å². The highest BCUT2D eigenvalue weighted by Crippen LogP contribution is 2.25. The van der Waals surface area contributed by atoms with Crippen LogP contribution in [-0.2, 0) is 4.74 Å². The van der Waals surface area contributed by atoms with Crippen LogP contribution in [0.5, 0.6) is 0 Å². The number of carbonyl (C=O) groups excluding carboxylic acids is 1. The Kier molecular flexibility index (Phi) is 3.38. The normalized spacial score (nSPS) is 10.5. The predicted molar refractivity (Wildman–Crippen MR) is 65.9 cm³/mol. The van der Waals surface area contributed by atoms with E-state index in [1.807, 2.05) is 30.3 Å². The molecule has 2 rings (SSSR count). The lowest BCUT2D eigenvalue weighted by atomic mass is 10.2. The monoisotopic (exact) mass is 284 g/mol. The predicted octanol–water partition coefficient (Wildman–Crippen LogP) is 3.45. The third-order valence-corrected chi connectivity index (χ3v) is 3.36. The molecule has 0 spiro atoms. The third-order valence-electron chi connectivity index (χ3n) is 1.94. The average molecular weight is 285 g/mol. The summed E-state index contributed by atoms with van der Waals surface area (Å²) in [7, 11) is 0. The fraction of sp³-hybridized carbons (Fsp3) is 0.182. The van der Waals surface area contributed by atoms with Crippen molar-refractivity contribution >= 4 is 43.3 Å². The Morgan fingerprint density at radius 2 is 2.20 bits per heavy atom. The van der Waals surface area contributed by atoms with Crippen LogP contribution in [0.1, 0.15) is 9.67 Å². The van der Waals surface area contributed by atoms with E-state index in [0.717, 1.165) is 10.1 Å². The minimum absolute atomic E-state index is 0.240. The van der Waals surface area contributed by atoms with Gasteiger partial charge in [-0.15, -0.1) is 11.3 Å². The van der Waals surface area contributed by atoms with E-state index in [0.29, 0.717) is 16.8 Å². The van der Waals surface area contributed by atoms with Gasteiger partial charge in [0.15, 0.2) is 0 Å². The summed E-state index contributed by atoms with van der Waals surface area (Å²) in [6.07, 6.45) is 0. The molecule has 0 fully saturated rings. The number of esters is 1. The lowest BCUT2D eigenvalue weighted by Gasteiger charge is -1.98. The Morgan fingerprint density at radius 1 is 1.40 bits per heavy atom. The minimum Gasteiger partial charge on any atom is -0.461 e. The van der Waals surface area contributed by atoms with Crippen molar-refractivity contribution in [2.45, 2.75) is 0 Å². The van der Waals surface area contributed by atoms with Crippen molar-refractivity contribution in [3.63, 3.8) is 0 Å². The molecule has 0 amide bonds. The van der Waals surface area contributed by atoms with Crippen molar-refractivity contribution < 1.29 is 9.53 Å². The molecule has 15 heavy (non-hydrogen) atoms. The summed E-state index contributed by atoms with van der Waals surface area (Å²) >= 11 is 4.68. The van der Waals surface area contributed by atoms with E-state index >= 15 is 0 Å². The van der Waals surface area contributed by atoms with Gasteiger partial charge in [-0.25, -0.2) is 4.79 Å². The Labute approximate surface area is 100.0 Å². The van der Waals surface area contributed by atoms with Crippen LogP contribution in [0.3, 0.4) is 0 Å². The summed E-state index contributed by atoms with van der Waals surface area (Å²) < 4.78 is 6.15. The van der Waals surface area contributed by atoms with Crippen molar-refractivity contribution in [1.82, 2.24) is 0 Å². The first kappa shape index (κ1) is 10.6. The molecule has 2 nitrogen and oxygen atoms in total. The molecule has 0 unspecified atom stereocenters. The van der Waals surface area contributed by atoms with Gasteiger partial charge in [0.05, 0.1) is 0 Å². The van der Waals surface area contributed by atoms with E-state index in [9.17, 15) is 4.79 Å². The largest absolute Gasteiger partial charge is 0.461 e. The van der Waals surface area contributed by atoms with Crippen LogP contribution >= 0.6 is 27.3 Å². The maximum absolute atomic E-state index is 11.5. The highest BCUT2D eigenvalue weighted by Gasteiger charge is 2.10. The zero-order valence-corrected chi connectivity index (χ0v) is 10.3. The van der Waals surface area contributed by atoms with E-state index in [4.69, 9.17) is 4.74 Å². The highest BCUT2D eigenvalue weighted by atomic mass is 79.9. The number of ether oxygens (including phenoxy) is 1. The molecule has 0 aliphatic rings. The van der Waals surface area contributed by atoms with Crippen molar-refractivity contribution in [3.05, 3.63) is 35.2 Å². The molecule has 0 aliphatic carbocycles. The minimum atomic E-state index is -0.240. The molecule has 1 heterocycles. The van der Waals surface area contributed by atoms with Gasteiger partial charge < -0.3 is 4.74 Å². The van der Waals surface area contributed by atoms with Crippen LogP contribution < -0.4 is 0 Å². The van der Waals surface area contributed by atoms with Crippen molar-refractivity contribution in [1.29, 1.82) is 0 Å². The van der Waals surface area contributed by atoms with Gasteiger partial charge in [0.25, 0.3) is 0 Å². The molecule has 0 saturated carbocycles. The number of alkyl halides is 1. The Bertz CT molecular complexity index is 445. The molecule has 1 aromatic heterocycles. The van der Waals surface area contributed by atoms with Gasteiger partial charge in [-0.2, -0.15) is 0 Å². The van der Waals surface area contributed by atoms with Crippen LogP contribution in [0.25, 0.3) is 10.1 Å². The molecular formula is C11H9BrO2S. The molecule has 1 aromatic carbocycles. The molecule has 0 bridgehead atoms. The first-order valence-electron chi connectivity index (χ1n) is 4.53. The Morgan fingerprint density at radius 3 is 2.93 bits per heavy atom. The number of hydrogen-bond donors (Lipinski definition) is 0. The number of thiophene rings is 1. The van der Waals surface area contributed by atoms with E-state index in [2.05, 4.69) is 15.9 Å². The second-order valence-electron chi connectivity index (χ2n) is 2.97. The maximum atomic E-state index is 11.5. The molecule has 4 heteroatoms. The molecule has 0 aliphatic heterocycles. The maximum Gasteiger partial charge on any atom is 0.348 e. The topological polar surface area (TPSA) is 26.3 Å². The van der Waals surface area contributed by atoms with Gasteiger partial charge >= 0.3 is 5.97 Å². The lowest BCUT2D eigenvalue weighted by Crippen LogP contribution is -2.04. The average Bonchev–Trinajstić information content (AvgIpc) is 2.69. The lowest BCUT2D eigenvalue weighted by molar-refractivity contribution is 0.0537. The van der Waals surface area contributed by atoms with Gasteiger partial charge in [0, 0.05) is 10.0 Å². The number of rotatable bonds is 3. The fourth-order valence-electron chi connectivity index (χ4n) is 1.28. The van der Waals surface area contributed by atoms with Gasteiger partial charge in [0.1, 0.15) is 11.5 Å². The van der Waals surface area contributed by atoms with Crippen molar-refractivity contribution in [3.8, 4) is 0 Å². The number of halogens is 1. The van der Waals surface area contributed by atoms with Crippen LogP contribution in [0.4, 0.5) is 0 Å². The van der Waals surface area contributed by atoms with E-state index in [-0.39, 0.29) is 5.97 Å². The summed E-state index contributed by atoms with van der Waals surface area (Å²) in [5.74, 6) is -0.240. The van der Waals surface area contributed by atoms with Crippen molar-refractivity contribution in [2.75, 3.05) is 11.9 Å². The summed E-state index contributed by atoms with van der Waals surface area (Å²) in [6, 6.07) is 9.79. The first-order chi connectivity index (χ1) is 7.31. The van der Waals surface area contributed by atoms with E-state index < -0.39 is 0 Å². The van der Waals surface area contributed by atoms with Crippen LogP contribution in [0, 0.1) is 0 Å². The second kappa shape index (κ2) is 4.77. The fourth-order valence-corrected chi connectivity index (χ4v) is 2.40. The molecule has 2 aromatic rings. The van der Waals surface area contributed by atoms with Crippen molar-refractivity contribution in [2.24, 2.45) is 0 Å². The zero-order chi connectivity index (χ0) is 10.7. The Hall–Kier alpha value is -0.870. The first-order valence-corrected chi connectivity index (χ1v) is 6.47. The molecule has 0 N–H and O–H groups in total. The number of hydrogen-bond acceptors (Lipinski definition) is 3. The standard InChI is InChI=1S/C11H9BrO2S/c12-5-6-14-11(13)10-7-8-3-1-2-4-9(8)15-10/h1-4,7H,5-6H2. The summed E-state index contributed by atoms with van der Waals surface area (Å²) in [6.45, 7) is 0.410. The molecular weight excluding hydrogens is 276 g/mol. The van der Waals surface area contributed by atoms with Crippen LogP contribution in [0.15, 0.2) is 30.3 Å². The second-order valence-corrected chi connectivity index (χ2v) is 4.85. The van der Waals surface area contributed by atoms with Crippen LogP contribution in [0.2, 0.25) is 0 Å². The number of benzene rings is 1. The molecule has 0 radical (unpaired) electrons. The zero-order valence-electron chi connectivity index (χ0n) is 7.90. The quantitative estimate of drug-likeness (QED) is 0.637. The molecule has 0 saturated heterocycles. The molecule has 0 atom stereocenters.